The van der Waals surface area contributed by atoms with Gasteiger partial charge < -0.3 is 20.3 Å². The number of aromatic nitrogens is 1. The SMILES string of the molecule is O=C(O)c1ccc(NC(=O)c2cc(C(F)(F)F)ccc2Oc2ccc(CO)cc2Cl)cn1. The Morgan fingerprint density at radius 3 is 2.34 bits per heavy atom. The number of carboxylic acids is 1. The molecule has 1 heterocycles. The first-order chi connectivity index (χ1) is 15.1. The Morgan fingerprint density at radius 2 is 1.78 bits per heavy atom. The summed E-state index contributed by atoms with van der Waals surface area (Å²) in [5.41, 5.74) is -1.23. The first-order valence-corrected chi connectivity index (χ1v) is 9.25. The summed E-state index contributed by atoms with van der Waals surface area (Å²) in [6.07, 6.45) is -3.65. The predicted octanol–water partition coefficient (Wildman–Crippen LogP) is 4.99. The zero-order valence-electron chi connectivity index (χ0n) is 16.0. The smallest absolute Gasteiger partial charge is 0.416 e. The number of nitrogens with zero attached hydrogens (tertiary/aromatic N) is 1. The summed E-state index contributed by atoms with van der Waals surface area (Å²) >= 11 is 6.09. The fourth-order valence-corrected chi connectivity index (χ4v) is 2.85. The van der Waals surface area contributed by atoms with Gasteiger partial charge in [0.15, 0.2) is 0 Å². The van der Waals surface area contributed by atoms with Crippen LogP contribution in [0, 0.1) is 0 Å². The van der Waals surface area contributed by atoms with Crippen molar-refractivity contribution in [1.29, 1.82) is 0 Å². The number of nitrogens with one attached hydrogen (secondary N) is 1. The van der Waals surface area contributed by atoms with E-state index < -0.39 is 29.2 Å². The number of hydrogen-bond acceptors (Lipinski definition) is 5. The minimum Gasteiger partial charge on any atom is -0.477 e. The molecule has 0 aliphatic rings. The van der Waals surface area contributed by atoms with E-state index in [2.05, 4.69) is 10.3 Å². The van der Waals surface area contributed by atoms with Gasteiger partial charge in [-0.1, -0.05) is 17.7 Å². The van der Waals surface area contributed by atoms with Crippen molar-refractivity contribution in [1.82, 2.24) is 4.98 Å². The van der Waals surface area contributed by atoms with Gasteiger partial charge >= 0.3 is 12.1 Å². The van der Waals surface area contributed by atoms with Crippen molar-refractivity contribution in [2.45, 2.75) is 12.8 Å². The minimum atomic E-state index is -4.71. The standard InChI is InChI=1S/C21H14ClF3N2O5/c22-15-7-11(10-28)1-5-18(15)32-17-6-2-12(21(23,24)25)8-14(17)19(29)27-13-3-4-16(20(30)31)26-9-13/h1-9,28H,10H2,(H,27,29)(H,30,31). The number of alkyl halides is 3. The van der Waals surface area contributed by atoms with E-state index >= 15 is 0 Å². The zero-order chi connectivity index (χ0) is 23.5. The van der Waals surface area contributed by atoms with Crippen molar-refractivity contribution in [3.8, 4) is 11.5 Å². The number of ether oxygens (including phenoxy) is 1. The van der Waals surface area contributed by atoms with E-state index in [1.165, 1.54) is 24.3 Å². The number of rotatable bonds is 6. The van der Waals surface area contributed by atoms with Gasteiger partial charge in [-0.05, 0) is 48.0 Å². The highest BCUT2D eigenvalue weighted by atomic mass is 35.5. The highest BCUT2D eigenvalue weighted by molar-refractivity contribution is 6.32. The van der Waals surface area contributed by atoms with E-state index in [1.54, 1.807) is 0 Å². The number of aliphatic hydroxyl groups excluding tert-OH is 1. The normalized spacial score (nSPS) is 11.2. The zero-order valence-corrected chi connectivity index (χ0v) is 16.7. The highest BCUT2D eigenvalue weighted by Gasteiger charge is 2.32. The highest BCUT2D eigenvalue weighted by Crippen LogP contribution is 2.36. The van der Waals surface area contributed by atoms with Crippen LogP contribution in [0.1, 0.15) is 32.0 Å². The summed E-state index contributed by atoms with van der Waals surface area (Å²) in [6, 6.07) is 9.06. The average molecular weight is 467 g/mol. The number of carbonyl (C=O) groups is 2. The second-order valence-electron chi connectivity index (χ2n) is 6.43. The van der Waals surface area contributed by atoms with Crippen molar-refractivity contribution < 1.29 is 37.7 Å². The third kappa shape index (κ3) is 5.34. The molecule has 32 heavy (non-hydrogen) atoms. The number of anilines is 1. The Balaban J connectivity index is 1.96. The van der Waals surface area contributed by atoms with E-state index in [-0.39, 0.29) is 34.5 Å². The number of carbonyl (C=O) groups excluding carboxylic acids is 1. The van der Waals surface area contributed by atoms with Crippen molar-refractivity contribution >= 4 is 29.2 Å². The van der Waals surface area contributed by atoms with Gasteiger partial charge in [0, 0.05) is 0 Å². The van der Waals surface area contributed by atoms with Crippen LogP contribution in [0.3, 0.4) is 0 Å². The maximum atomic E-state index is 13.2. The van der Waals surface area contributed by atoms with E-state index in [0.717, 1.165) is 24.4 Å². The lowest BCUT2D eigenvalue weighted by atomic mass is 10.1. The van der Waals surface area contributed by atoms with Crippen LogP contribution >= 0.6 is 11.6 Å². The molecular formula is C21H14ClF3N2O5. The molecule has 0 spiro atoms. The Bertz CT molecular complexity index is 1170. The first-order valence-electron chi connectivity index (χ1n) is 8.87. The maximum absolute atomic E-state index is 13.2. The number of benzene rings is 2. The molecule has 0 unspecified atom stereocenters. The van der Waals surface area contributed by atoms with Crippen LogP contribution in [0.25, 0.3) is 0 Å². The molecule has 2 aromatic carbocycles. The molecule has 166 valence electrons. The number of aliphatic hydroxyl groups is 1. The van der Waals surface area contributed by atoms with Gasteiger partial charge in [-0.3, -0.25) is 4.79 Å². The summed E-state index contributed by atoms with van der Waals surface area (Å²) in [7, 11) is 0. The summed E-state index contributed by atoms with van der Waals surface area (Å²) in [4.78, 5) is 27.3. The summed E-state index contributed by atoms with van der Waals surface area (Å²) < 4.78 is 45.2. The number of halogens is 4. The monoisotopic (exact) mass is 466 g/mol. The van der Waals surface area contributed by atoms with Crippen LogP contribution in [-0.4, -0.2) is 27.1 Å². The molecular weight excluding hydrogens is 453 g/mol. The van der Waals surface area contributed by atoms with Gasteiger partial charge in [0.05, 0.1) is 34.6 Å². The molecule has 0 aliphatic carbocycles. The summed E-state index contributed by atoms with van der Waals surface area (Å²) in [6.45, 7) is -0.275. The van der Waals surface area contributed by atoms with Gasteiger partial charge in [0.1, 0.15) is 17.2 Å². The van der Waals surface area contributed by atoms with Crippen molar-refractivity contribution in [2.75, 3.05) is 5.32 Å². The second kappa shape index (κ2) is 9.25. The molecule has 0 saturated heterocycles. The Labute approximate surface area is 184 Å². The van der Waals surface area contributed by atoms with E-state index in [4.69, 9.17) is 26.6 Å². The third-order valence-electron chi connectivity index (χ3n) is 4.19. The van der Waals surface area contributed by atoms with Crippen molar-refractivity contribution in [3.63, 3.8) is 0 Å². The van der Waals surface area contributed by atoms with Crippen molar-refractivity contribution in [2.24, 2.45) is 0 Å². The van der Waals surface area contributed by atoms with Crippen LogP contribution < -0.4 is 10.1 Å². The van der Waals surface area contributed by atoms with Crippen LogP contribution in [0.4, 0.5) is 18.9 Å². The van der Waals surface area contributed by atoms with Gasteiger partial charge in [-0.15, -0.1) is 0 Å². The Morgan fingerprint density at radius 1 is 1.06 bits per heavy atom. The van der Waals surface area contributed by atoms with Gasteiger partial charge in [0.25, 0.3) is 5.91 Å². The second-order valence-corrected chi connectivity index (χ2v) is 6.83. The molecule has 1 aromatic heterocycles. The average Bonchev–Trinajstić information content (AvgIpc) is 2.74. The van der Waals surface area contributed by atoms with Gasteiger partial charge in [0.2, 0.25) is 0 Å². The molecule has 0 bridgehead atoms. The molecule has 3 N–H and O–H groups in total. The van der Waals surface area contributed by atoms with E-state index in [1.807, 2.05) is 0 Å². The molecule has 3 rings (SSSR count). The fraction of sp³-hybridized carbons (Fsp3) is 0.0952. The number of carboxylic acid groups (broad SMARTS) is 1. The number of pyridine rings is 1. The maximum Gasteiger partial charge on any atom is 0.416 e. The largest absolute Gasteiger partial charge is 0.477 e. The van der Waals surface area contributed by atoms with E-state index in [9.17, 15) is 22.8 Å². The third-order valence-corrected chi connectivity index (χ3v) is 4.49. The van der Waals surface area contributed by atoms with Gasteiger partial charge in [-0.25, -0.2) is 9.78 Å². The predicted molar refractivity (Wildman–Crippen MR) is 108 cm³/mol. The Kier molecular flexibility index (Phi) is 6.66. The lowest BCUT2D eigenvalue weighted by molar-refractivity contribution is -0.137. The lowest BCUT2D eigenvalue weighted by Gasteiger charge is -2.15. The number of amides is 1. The molecule has 7 nitrogen and oxygen atoms in total. The molecule has 0 aliphatic heterocycles. The topological polar surface area (TPSA) is 109 Å². The fourth-order valence-electron chi connectivity index (χ4n) is 2.61. The quantitative estimate of drug-likeness (QED) is 0.472. The summed E-state index contributed by atoms with van der Waals surface area (Å²) in [5.74, 6) is -2.37. The Hall–Kier alpha value is -3.63. The molecule has 0 fully saturated rings. The number of aromatic carboxylic acids is 1. The molecule has 11 heteroatoms. The lowest BCUT2D eigenvalue weighted by Crippen LogP contribution is -2.15. The van der Waals surface area contributed by atoms with Crippen molar-refractivity contribution in [3.05, 3.63) is 82.1 Å². The van der Waals surface area contributed by atoms with Crippen LogP contribution in [0.5, 0.6) is 11.5 Å². The molecule has 0 saturated carbocycles. The van der Waals surface area contributed by atoms with Crippen LogP contribution in [0.15, 0.2) is 54.7 Å². The molecule has 0 radical (unpaired) electrons. The van der Waals surface area contributed by atoms with Crippen LogP contribution in [-0.2, 0) is 12.8 Å². The molecule has 1 amide bonds. The van der Waals surface area contributed by atoms with Crippen LogP contribution in [0.2, 0.25) is 5.02 Å². The molecule has 3 aromatic rings. The number of hydrogen-bond donors (Lipinski definition) is 3. The first kappa shape index (κ1) is 23.0. The van der Waals surface area contributed by atoms with E-state index in [0.29, 0.717) is 11.6 Å². The van der Waals surface area contributed by atoms with Gasteiger partial charge in [-0.2, -0.15) is 13.2 Å². The molecule has 0 atom stereocenters. The minimum absolute atomic E-state index is 0.0603. The summed E-state index contributed by atoms with van der Waals surface area (Å²) in [5, 5.41) is 20.5.